The molecular formula is C15H24N4S2. The highest BCUT2D eigenvalue weighted by atomic mass is 32.1. The fraction of sp³-hybridized carbons (Fsp3) is 0.600. The van der Waals surface area contributed by atoms with Gasteiger partial charge in [0.2, 0.25) is 0 Å². The Balaban J connectivity index is 2.33. The van der Waals surface area contributed by atoms with E-state index in [0.29, 0.717) is 11.9 Å². The van der Waals surface area contributed by atoms with E-state index in [1.54, 1.807) is 11.3 Å². The molecule has 21 heavy (non-hydrogen) atoms. The maximum Gasteiger partial charge on any atom is 0.149 e. The Morgan fingerprint density at radius 3 is 2.67 bits per heavy atom. The van der Waals surface area contributed by atoms with Gasteiger partial charge in [0.1, 0.15) is 15.8 Å². The highest BCUT2D eigenvalue weighted by Crippen LogP contribution is 2.41. The first kappa shape index (κ1) is 16.2. The Labute approximate surface area is 135 Å². The maximum absolute atomic E-state index is 6.11. The summed E-state index contributed by atoms with van der Waals surface area (Å²) in [5.41, 5.74) is 8.17. The van der Waals surface area contributed by atoms with Crippen LogP contribution < -0.4 is 10.6 Å². The van der Waals surface area contributed by atoms with Crippen molar-refractivity contribution < 1.29 is 0 Å². The molecular weight excluding hydrogens is 300 g/mol. The van der Waals surface area contributed by atoms with Crippen LogP contribution in [-0.2, 0) is 0 Å². The molecule has 0 aliphatic carbocycles. The summed E-state index contributed by atoms with van der Waals surface area (Å²) in [7, 11) is 0. The van der Waals surface area contributed by atoms with E-state index in [0.717, 1.165) is 27.8 Å². The van der Waals surface area contributed by atoms with Gasteiger partial charge in [-0.2, -0.15) is 4.37 Å². The third-order valence-electron chi connectivity index (χ3n) is 3.42. The predicted octanol–water partition coefficient (Wildman–Crippen LogP) is 4.56. The molecule has 0 amide bonds. The van der Waals surface area contributed by atoms with Crippen molar-refractivity contribution >= 4 is 33.7 Å². The Morgan fingerprint density at radius 2 is 2.10 bits per heavy atom. The van der Waals surface area contributed by atoms with Crippen LogP contribution in [0.15, 0.2) is 5.38 Å². The molecule has 0 saturated heterocycles. The van der Waals surface area contributed by atoms with Gasteiger partial charge in [0.15, 0.2) is 0 Å². The lowest BCUT2D eigenvalue weighted by Crippen LogP contribution is -2.31. The number of nitrogens with two attached hydrogens (primary N) is 1. The average Bonchev–Trinajstić information content (AvgIpc) is 3.00. The molecule has 0 unspecified atom stereocenters. The molecule has 116 valence electrons. The predicted molar refractivity (Wildman–Crippen MR) is 94.4 cm³/mol. The molecule has 0 aromatic carbocycles. The Bertz CT molecular complexity index is 574. The van der Waals surface area contributed by atoms with E-state index in [1.165, 1.54) is 30.8 Å². The first-order valence-electron chi connectivity index (χ1n) is 7.48. The molecule has 2 heterocycles. The van der Waals surface area contributed by atoms with Crippen molar-refractivity contribution in [1.29, 1.82) is 0 Å². The van der Waals surface area contributed by atoms with Gasteiger partial charge >= 0.3 is 0 Å². The lowest BCUT2D eigenvalue weighted by Gasteiger charge is -2.28. The number of anilines is 2. The fourth-order valence-electron chi connectivity index (χ4n) is 2.29. The molecule has 2 rings (SSSR count). The van der Waals surface area contributed by atoms with E-state index in [2.05, 4.69) is 40.4 Å². The lowest BCUT2D eigenvalue weighted by atomic mass is 10.2. The molecule has 2 N–H and O–H groups in total. The molecule has 4 nitrogen and oxygen atoms in total. The van der Waals surface area contributed by atoms with Gasteiger partial charge < -0.3 is 10.6 Å². The van der Waals surface area contributed by atoms with Crippen molar-refractivity contribution in [2.45, 2.75) is 53.0 Å². The van der Waals surface area contributed by atoms with E-state index in [-0.39, 0.29) is 0 Å². The Morgan fingerprint density at radius 1 is 1.33 bits per heavy atom. The largest absolute Gasteiger partial charge is 0.382 e. The summed E-state index contributed by atoms with van der Waals surface area (Å²) in [6.45, 7) is 9.73. The topological polar surface area (TPSA) is 55.0 Å². The fourth-order valence-corrected chi connectivity index (χ4v) is 4.18. The van der Waals surface area contributed by atoms with Crippen LogP contribution in [0.2, 0.25) is 0 Å². The second-order valence-electron chi connectivity index (χ2n) is 5.54. The van der Waals surface area contributed by atoms with Gasteiger partial charge in [-0.15, -0.1) is 11.3 Å². The van der Waals surface area contributed by atoms with Gasteiger partial charge in [-0.3, -0.25) is 0 Å². The average molecular weight is 325 g/mol. The summed E-state index contributed by atoms with van der Waals surface area (Å²) >= 11 is 3.13. The number of thiazole rings is 1. The molecule has 0 spiro atoms. The van der Waals surface area contributed by atoms with E-state index < -0.39 is 0 Å². The molecule has 6 heteroatoms. The smallest absolute Gasteiger partial charge is 0.149 e. The summed E-state index contributed by atoms with van der Waals surface area (Å²) < 4.78 is 4.38. The molecule has 0 bridgehead atoms. The molecule has 0 aliphatic heterocycles. The van der Waals surface area contributed by atoms with Crippen LogP contribution in [-0.4, -0.2) is 21.9 Å². The lowest BCUT2D eigenvalue weighted by molar-refractivity contribution is 0.630. The second-order valence-corrected chi connectivity index (χ2v) is 7.15. The zero-order chi connectivity index (χ0) is 15.4. The maximum atomic E-state index is 6.11. The van der Waals surface area contributed by atoms with Crippen molar-refractivity contribution in [3.05, 3.63) is 11.1 Å². The number of unbranched alkanes of at least 4 members (excludes halogenated alkanes) is 2. The minimum absolute atomic E-state index is 0.432. The van der Waals surface area contributed by atoms with E-state index in [4.69, 9.17) is 5.73 Å². The number of nitrogens with zero attached hydrogens (tertiary/aromatic N) is 3. The first-order chi connectivity index (χ1) is 10.0. The third-order valence-corrected chi connectivity index (χ3v) is 5.30. The van der Waals surface area contributed by atoms with Crippen LogP contribution in [0.4, 0.5) is 10.8 Å². The van der Waals surface area contributed by atoms with Crippen LogP contribution in [0.25, 0.3) is 10.6 Å². The second kappa shape index (κ2) is 7.22. The molecule has 0 fully saturated rings. The number of aromatic nitrogens is 2. The van der Waals surface area contributed by atoms with Crippen molar-refractivity contribution in [2.24, 2.45) is 0 Å². The van der Waals surface area contributed by atoms with Crippen LogP contribution in [0.1, 0.15) is 45.7 Å². The van der Waals surface area contributed by atoms with Crippen LogP contribution in [0.3, 0.4) is 0 Å². The number of hydrogen-bond acceptors (Lipinski definition) is 6. The summed E-state index contributed by atoms with van der Waals surface area (Å²) in [6.07, 6.45) is 3.68. The molecule has 0 radical (unpaired) electrons. The van der Waals surface area contributed by atoms with Crippen molar-refractivity contribution in [3.8, 4) is 10.6 Å². The molecule has 0 aliphatic rings. The molecule has 0 saturated carbocycles. The number of hydrogen-bond donors (Lipinski definition) is 1. The number of nitrogen functional groups attached to an aromatic ring is 1. The summed E-state index contributed by atoms with van der Waals surface area (Å²) in [5.74, 6) is 0.602. The van der Waals surface area contributed by atoms with Gasteiger partial charge in [0.05, 0.1) is 5.56 Å². The number of rotatable bonds is 7. The summed E-state index contributed by atoms with van der Waals surface area (Å²) in [5, 5.41) is 4.20. The van der Waals surface area contributed by atoms with Gasteiger partial charge in [0.25, 0.3) is 0 Å². The first-order valence-corrected chi connectivity index (χ1v) is 9.14. The molecule has 2 aromatic heterocycles. The van der Waals surface area contributed by atoms with E-state index in [1.807, 2.05) is 6.92 Å². The third kappa shape index (κ3) is 3.74. The zero-order valence-electron chi connectivity index (χ0n) is 13.2. The Kier molecular flexibility index (Phi) is 5.58. The van der Waals surface area contributed by atoms with Gasteiger partial charge in [-0.25, -0.2) is 4.98 Å². The molecule has 0 atom stereocenters. The highest BCUT2D eigenvalue weighted by molar-refractivity contribution is 7.15. The van der Waals surface area contributed by atoms with E-state index in [9.17, 15) is 0 Å². The zero-order valence-corrected chi connectivity index (χ0v) is 14.9. The monoisotopic (exact) mass is 324 g/mol. The minimum Gasteiger partial charge on any atom is -0.382 e. The van der Waals surface area contributed by atoms with Crippen LogP contribution in [0.5, 0.6) is 0 Å². The SMILES string of the molecule is CCCCCN(c1snc(N)c1-c1nc(C)cs1)C(C)C. The molecule has 2 aromatic rings. The summed E-state index contributed by atoms with van der Waals surface area (Å²) in [4.78, 5) is 7.00. The van der Waals surface area contributed by atoms with Crippen molar-refractivity contribution in [3.63, 3.8) is 0 Å². The minimum atomic E-state index is 0.432. The van der Waals surface area contributed by atoms with Crippen molar-refractivity contribution in [2.75, 3.05) is 17.2 Å². The number of aryl methyl sites for hydroxylation is 1. The normalized spacial score (nSPS) is 11.3. The van der Waals surface area contributed by atoms with Crippen molar-refractivity contribution in [1.82, 2.24) is 9.36 Å². The van der Waals surface area contributed by atoms with Gasteiger partial charge in [-0.05, 0) is 38.7 Å². The van der Waals surface area contributed by atoms with Crippen LogP contribution in [0, 0.1) is 6.92 Å². The standard InChI is InChI=1S/C15H24N4S2/c1-5-6-7-8-19(10(2)3)15-12(13(16)18-21-15)14-17-11(4)9-20-14/h9-10H,5-8H2,1-4H3,(H2,16,18). The van der Waals surface area contributed by atoms with E-state index >= 15 is 0 Å². The van der Waals surface area contributed by atoms with Gasteiger partial charge in [0, 0.05) is 23.7 Å². The summed E-state index contributed by atoms with van der Waals surface area (Å²) in [6, 6.07) is 0.432. The van der Waals surface area contributed by atoms with Gasteiger partial charge in [-0.1, -0.05) is 19.8 Å². The Hall–Kier alpha value is -1.14. The quantitative estimate of drug-likeness (QED) is 0.758. The van der Waals surface area contributed by atoms with Crippen LogP contribution >= 0.6 is 22.9 Å². The highest BCUT2D eigenvalue weighted by Gasteiger charge is 2.22.